The fourth-order valence-corrected chi connectivity index (χ4v) is 3.84. The summed E-state index contributed by atoms with van der Waals surface area (Å²) in [6.45, 7) is 5.45. The summed E-state index contributed by atoms with van der Waals surface area (Å²) in [5.41, 5.74) is 2.49. The van der Waals surface area contributed by atoms with E-state index in [4.69, 9.17) is 9.47 Å². The molecule has 27 heavy (non-hydrogen) atoms. The summed E-state index contributed by atoms with van der Waals surface area (Å²) in [6, 6.07) is 6.32. The van der Waals surface area contributed by atoms with Gasteiger partial charge in [0.2, 0.25) is 0 Å². The molecule has 0 spiro atoms. The van der Waals surface area contributed by atoms with Crippen LogP contribution >= 0.6 is 0 Å². The van der Waals surface area contributed by atoms with Gasteiger partial charge in [0, 0.05) is 30.5 Å². The number of ether oxygens (including phenoxy) is 2. The number of hydrogen-bond donors (Lipinski definition) is 0. The van der Waals surface area contributed by atoms with Gasteiger partial charge in [0.05, 0.1) is 12.2 Å². The standard InChI is InChI=1S/C21H24N4O2/c1-3-26-18-11-15-9-14(2)27-19(15)12-16(18)10-17(13-22)21-24-23-20-7-5-4-6-8-25(20)21/h10-12,14H,3-9H2,1-2H3. The quantitative estimate of drug-likeness (QED) is 0.772. The fraction of sp³-hybridized carbons (Fsp3) is 0.476. The number of allylic oxidation sites excluding steroid dienone is 1. The van der Waals surface area contributed by atoms with Gasteiger partial charge in [0.15, 0.2) is 5.82 Å². The Morgan fingerprint density at radius 2 is 2.26 bits per heavy atom. The van der Waals surface area contributed by atoms with Gasteiger partial charge in [-0.3, -0.25) is 0 Å². The third kappa shape index (κ3) is 3.42. The highest BCUT2D eigenvalue weighted by Gasteiger charge is 2.23. The predicted octanol–water partition coefficient (Wildman–Crippen LogP) is 3.79. The molecular formula is C21H24N4O2. The van der Waals surface area contributed by atoms with Crippen molar-refractivity contribution in [2.45, 2.75) is 58.6 Å². The van der Waals surface area contributed by atoms with Crippen LogP contribution in [0.4, 0.5) is 0 Å². The van der Waals surface area contributed by atoms with Crippen LogP contribution in [0.3, 0.4) is 0 Å². The average molecular weight is 364 g/mol. The molecule has 1 aromatic carbocycles. The van der Waals surface area contributed by atoms with Crippen LogP contribution < -0.4 is 9.47 Å². The molecule has 0 aliphatic carbocycles. The van der Waals surface area contributed by atoms with Crippen molar-refractivity contribution in [3.63, 3.8) is 0 Å². The lowest BCUT2D eigenvalue weighted by Gasteiger charge is -2.11. The number of hydrogen-bond acceptors (Lipinski definition) is 5. The Morgan fingerprint density at radius 1 is 1.37 bits per heavy atom. The SMILES string of the molecule is CCOc1cc2c(cc1C=C(C#N)c1nnc3n1CCCCC3)OC(C)C2. The second-order valence-corrected chi connectivity index (χ2v) is 7.14. The lowest BCUT2D eigenvalue weighted by Crippen LogP contribution is -2.05. The molecular weight excluding hydrogens is 340 g/mol. The zero-order chi connectivity index (χ0) is 18.8. The number of nitrogens with zero attached hydrogens (tertiary/aromatic N) is 4. The average Bonchev–Trinajstić information content (AvgIpc) is 3.13. The number of nitriles is 1. The van der Waals surface area contributed by atoms with Crippen molar-refractivity contribution in [1.82, 2.24) is 14.8 Å². The first kappa shape index (κ1) is 17.6. The van der Waals surface area contributed by atoms with Crippen LogP contribution in [0.5, 0.6) is 11.5 Å². The summed E-state index contributed by atoms with van der Waals surface area (Å²) < 4.78 is 13.8. The molecule has 0 saturated heterocycles. The Morgan fingerprint density at radius 3 is 3.07 bits per heavy atom. The lowest BCUT2D eigenvalue weighted by molar-refractivity contribution is 0.254. The maximum atomic E-state index is 9.82. The molecule has 1 atom stereocenters. The first-order chi connectivity index (χ1) is 13.2. The van der Waals surface area contributed by atoms with Crippen molar-refractivity contribution in [2.75, 3.05) is 6.61 Å². The van der Waals surface area contributed by atoms with Crippen molar-refractivity contribution in [1.29, 1.82) is 5.26 Å². The summed E-state index contributed by atoms with van der Waals surface area (Å²) in [5, 5.41) is 18.5. The van der Waals surface area contributed by atoms with E-state index in [1.54, 1.807) is 0 Å². The van der Waals surface area contributed by atoms with Gasteiger partial charge in [-0.05, 0) is 44.9 Å². The van der Waals surface area contributed by atoms with Gasteiger partial charge in [-0.15, -0.1) is 10.2 Å². The number of benzene rings is 1. The molecule has 0 radical (unpaired) electrons. The second-order valence-electron chi connectivity index (χ2n) is 7.14. The molecule has 2 aliphatic rings. The normalized spacial score (nSPS) is 18.9. The predicted molar refractivity (Wildman–Crippen MR) is 102 cm³/mol. The van der Waals surface area contributed by atoms with E-state index >= 15 is 0 Å². The smallest absolute Gasteiger partial charge is 0.174 e. The second kappa shape index (κ2) is 7.43. The van der Waals surface area contributed by atoms with E-state index < -0.39 is 0 Å². The largest absolute Gasteiger partial charge is 0.493 e. The Kier molecular flexibility index (Phi) is 4.85. The Balaban J connectivity index is 1.77. The molecule has 1 aromatic heterocycles. The molecule has 0 saturated carbocycles. The Labute approximate surface area is 159 Å². The minimum absolute atomic E-state index is 0.163. The van der Waals surface area contributed by atoms with Crippen molar-refractivity contribution < 1.29 is 9.47 Å². The van der Waals surface area contributed by atoms with Gasteiger partial charge in [-0.25, -0.2) is 0 Å². The topological polar surface area (TPSA) is 73.0 Å². The summed E-state index contributed by atoms with van der Waals surface area (Å²) in [4.78, 5) is 0. The van der Waals surface area contributed by atoms with Crippen LogP contribution in [-0.4, -0.2) is 27.5 Å². The minimum atomic E-state index is 0.163. The van der Waals surface area contributed by atoms with Gasteiger partial charge in [-0.1, -0.05) is 6.42 Å². The van der Waals surface area contributed by atoms with Crippen LogP contribution in [-0.2, 0) is 19.4 Å². The molecule has 0 bridgehead atoms. The van der Waals surface area contributed by atoms with Crippen molar-refractivity contribution >= 4 is 11.6 Å². The third-order valence-electron chi connectivity index (χ3n) is 5.10. The fourth-order valence-electron chi connectivity index (χ4n) is 3.84. The van der Waals surface area contributed by atoms with Crippen LogP contribution in [0.2, 0.25) is 0 Å². The summed E-state index contributed by atoms with van der Waals surface area (Å²) in [5.74, 6) is 3.26. The molecule has 2 aromatic rings. The van der Waals surface area contributed by atoms with Crippen LogP contribution in [0, 0.1) is 11.3 Å². The van der Waals surface area contributed by atoms with E-state index in [9.17, 15) is 5.26 Å². The highest BCUT2D eigenvalue weighted by molar-refractivity contribution is 5.89. The maximum absolute atomic E-state index is 9.82. The van der Waals surface area contributed by atoms with E-state index in [0.717, 1.165) is 60.7 Å². The molecule has 0 fully saturated rings. The summed E-state index contributed by atoms with van der Waals surface area (Å²) >= 11 is 0. The Hall–Kier alpha value is -2.81. The number of aryl methyl sites for hydroxylation is 1. The molecule has 140 valence electrons. The van der Waals surface area contributed by atoms with Crippen LogP contribution in [0.25, 0.3) is 11.6 Å². The summed E-state index contributed by atoms with van der Waals surface area (Å²) in [7, 11) is 0. The molecule has 1 unspecified atom stereocenters. The van der Waals surface area contributed by atoms with Crippen molar-refractivity contribution in [3.05, 3.63) is 34.9 Å². The van der Waals surface area contributed by atoms with E-state index in [1.807, 2.05) is 25.1 Å². The zero-order valence-electron chi connectivity index (χ0n) is 15.9. The lowest BCUT2D eigenvalue weighted by atomic mass is 10.0. The highest BCUT2D eigenvalue weighted by Crippen LogP contribution is 2.36. The number of rotatable bonds is 4. The number of aromatic nitrogens is 3. The van der Waals surface area contributed by atoms with E-state index in [1.165, 1.54) is 6.42 Å². The first-order valence-corrected chi connectivity index (χ1v) is 9.70. The molecule has 3 heterocycles. The zero-order valence-corrected chi connectivity index (χ0v) is 15.9. The van der Waals surface area contributed by atoms with Crippen LogP contribution in [0.15, 0.2) is 12.1 Å². The monoisotopic (exact) mass is 364 g/mol. The van der Waals surface area contributed by atoms with Gasteiger partial charge in [0.1, 0.15) is 29.5 Å². The van der Waals surface area contributed by atoms with Gasteiger partial charge >= 0.3 is 0 Å². The molecule has 4 rings (SSSR count). The third-order valence-corrected chi connectivity index (χ3v) is 5.10. The van der Waals surface area contributed by atoms with Crippen molar-refractivity contribution in [2.24, 2.45) is 0 Å². The van der Waals surface area contributed by atoms with Crippen molar-refractivity contribution in [3.8, 4) is 17.6 Å². The summed E-state index contributed by atoms with van der Waals surface area (Å²) in [6.07, 6.45) is 7.20. The van der Waals surface area contributed by atoms with E-state index in [0.29, 0.717) is 18.0 Å². The van der Waals surface area contributed by atoms with Gasteiger partial charge < -0.3 is 14.0 Å². The maximum Gasteiger partial charge on any atom is 0.174 e. The first-order valence-electron chi connectivity index (χ1n) is 9.70. The minimum Gasteiger partial charge on any atom is -0.493 e. The van der Waals surface area contributed by atoms with E-state index in [2.05, 4.69) is 27.8 Å². The van der Waals surface area contributed by atoms with Gasteiger partial charge in [0.25, 0.3) is 0 Å². The molecule has 6 heteroatoms. The van der Waals surface area contributed by atoms with E-state index in [-0.39, 0.29) is 6.10 Å². The number of fused-ring (bicyclic) bond motifs is 2. The molecule has 6 nitrogen and oxygen atoms in total. The molecule has 2 aliphatic heterocycles. The Bertz CT molecular complexity index is 923. The van der Waals surface area contributed by atoms with Crippen LogP contribution in [0.1, 0.15) is 55.9 Å². The molecule has 0 N–H and O–H groups in total. The van der Waals surface area contributed by atoms with Gasteiger partial charge in [-0.2, -0.15) is 5.26 Å². The highest BCUT2D eigenvalue weighted by atomic mass is 16.5. The molecule has 0 amide bonds.